The smallest absolute Gasteiger partial charge is 0.266 e. The lowest BCUT2D eigenvalue weighted by atomic mass is 10.1. The molecular formula is C31H27BrN2O3. The second-order valence-electron chi connectivity index (χ2n) is 8.36. The largest absolute Gasteiger partial charge is 0.490 e. The molecule has 6 heteroatoms. The molecule has 0 heterocycles. The van der Waals surface area contributed by atoms with Gasteiger partial charge in [0.2, 0.25) is 0 Å². The van der Waals surface area contributed by atoms with Gasteiger partial charge in [0.25, 0.3) is 5.91 Å². The zero-order valence-corrected chi connectivity index (χ0v) is 22.3. The molecule has 0 saturated carbocycles. The van der Waals surface area contributed by atoms with Crippen LogP contribution in [0.2, 0.25) is 0 Å². The van der Waals surface area contributed by atoms with Crippen molar-refractivity contribution in [1.82, 2.24) is 0 Å². The molecule has 186 valence electrons. The average Bonchev–Trinajstić information content (AvgIpc) is 2.92. The maximum atomic E-state index is 12.8. The van der Waals surface area contributed by atoms with Gasteiger partial charge in [-0.05, 0) is 87.1 Å². The van der Waals surface area contributed by atoms with E-state index in [0.29, 0.717) is 40.4 Å². The van der Waals surface area contributed by atoms with Gasteiger partial charge in [0, 0.05) is 5.69 Å². The van der Waals surface area contributed by atoms with Gasteiger partial charge < -0.3 is 14.8 Å². The summed E-state index contributed by atoms with van der Waals surface area (Å²) in [5.41, 5.74) is 3.49. The van der Waals surface area contributed by atoms with Crippen LogP contribution in [0.3, 0.4) is 0 Å². The van der Waals surface area contributed by atoms with Crippen molar-refractivity contribution >= 4 is 44.4 Å². The number of halogens is 1. The van der Waals surface area contributed by atoms with Gasteiger partial charge >= 0.3 is 0 Å². The Kier molecular flexibility index (Phi) is 8.60. The molecule has 0 spiro atoms. The molecule has 0 unspecified atom stereocenters. The van der Waals surface area contributed by atoms with Gasteiger partial charge in [-0.1, -0.05) is 61.5 Å². The summed E-state index contributed by atoms with van der Waals surface area (Å²) in [5, 5.41) is 14.7. The third-order valence-electron chi connectivity index (χ3n) is 5.88. The first-order valence-corrected chi connectivity index (χ1v) is 12.9. The first-order valence-electron chi connectivity index (χ1n) is 12.1. The Morgan fingerprint density at radius 2 is 1.76 bits per heavy atom. The van der Waals surface area contributed by atoms with Crippen LogP contribution in [0.4, 0.5) is 5.69 Å². The molecule has 4 rings (SSSR count). The fraction of sp³-hybridized carbons (Fsp3) is 0.161. The molecule has 0 fully saturated rings. The SMILES string of the molecule is CCOc1cc(C=C(C#N)C(=O)Nc2ccc(CC)cc2)cc(Br)c1OCc1cccc2ccccc12. The highest BCUT2D eigenvalue weighted by molar-refractivity contribution is 9.10. The van der Waals surface area contributed by atoms with Gasteiger partial charge in [-0.2, -0.15) is 5.26 Å². The lowest BCUT2D eigenvalue weighted by Gasteiger charge is -2.16. The second kappa shape index (κ2) is 12.2. The van der Waals surface area contributed by atoms with E-state index in [2.05, 4.69) is 46.4 Å². The summed E-state index contributed by atoms with van der Waals surface area (Å²) in [6.07, 6.45) is 2.45. The molecule has 0 aliphatic carbocycles. The Morgan fingerprint density at radius 1 is 1.00 bits per heavy atom. The fourth-order valence-corrected chi connectivity index (χ4v) is 4.55. The summed E-state index contributed by atoms with van der Waals surface area (Å²) in [4.78, 5) is 12.8. The van der Waals surface area contributed by atoms with Crippen molar-refractivity contribution < 1.29 is 14.3 Å². The number of ether oxygens (including phenoxy) is 2. The lowest BCUT2D eigenvalue weighted by Crippen LogP contribution is -2.13. The Bertz CT molecular complexity index is 1480. The number of fused-ring (bicyclic) bond motifs is 1. The van der Waals surface area contributed by atoms with Crippen LogP contribution in [0.5, 0.6) is 11.5 Å². The van der Waals surface area contributed by atoms with Crippen molar-refractivity contribution in [3.8, 4) is 17.6 Å². The number of nitrogens with one attached hydrogen (secondary N) is 1. The number of carbonyl (C=O) groups excluding carboxylic acids is 1. The van der Waals surface area contributed by atoms with E-state index in [-0.39, 0.29) is 5.57 Å². The maximum absolute atomic E-state index is 12.8. The molecule has 1 N–H and O–H groups in total. The minimum atomic E-state index is -0.475. The number of carbonyl (C=O) groups is 1. The molecule has 0 saturated heterocycles. The first kappa shape index (κ1) is 26.0. The number of benzene rings is 4. The van der Waals surface area contributed by atoms with Crippen LogP contribution in [-0.2, 0) is 17.8 Å². The van der Waals surface area contributed by atoms with Gasteiger partial charge in [-0.3, -0.25) is 4.79 Å². The van der Waals surface area contributed by atoms with E-state index >= 15 is 0 Å². The highest BCUT2D eigenvalue weighted by Crippen LogP contribution is 2.38. The maximum Gasteiger partial charge on any atom is 0.266 e. The van der Waals surface area contributed by atoms with Crippen LogP contribution >= 0.6 is 15.9 Å². The van der Waals surface area contributed by atoms with E-state index in [4.69, 9.17) is 9.47 Å². The summed E-state index contributed by atoms with van der Waals surface area (Å²) in [7, 11) is 0. The molecule has 4 aromatic carbocycles. The zero-order chi connectivity index (χ0) is 26.2. The number of hydrogen-bond donors (Lipinski definition) is 1. The van der Waals surface area contributed by atoms with Crippen LogP contribution in [0, 0.1) is 11.3 Å². The van der Waals surface area contributed by atoms with E-state index in [0.717, 1.165) is 22.8 Å². The summed E-state index contributed by atoms with van der Waals surface area (Å²) < 4.78 is 12.7. The number of amides is 1. The topological polar surface area (TPSA) is 71.3 Å². The molecular weight excluding hydrogens is 528 g/mol. The Balaban J connectivity index is 1.57. The Morgan fingerprint density at radius 3 is 2.49 bits per heavy atom. The van der Waals surface area contributed by atoms with Crippen LogP contribution in [0.25, 0.3) is 16.8 Å². The zero-order valence-electron chi connectivity index (χ0n) is 20.8. The minimum Gasteiger partial charge on any atom is -0.490 e. The third-order valence-corrected chi connectivity index (χ3v) is 6.47. The van der Waals surface area contributed by atoms with Crippen molar-refractivity contribution in [2.24, 2.45) is 0 Å². The Labute approximate surface area is 225 Å². The predicted molar refractivity (Wildman–Crippen MR) is 152 cm³/mol. The monoisotopic (exact) mass is 554 g/mol. The van der Waals surface area contributed by atoms with Crippen molar-refractivity contribution in [2.45, 2.75) is 26.9 Å². The number of rotatable bonds is 9. The summed E-state index contributed by atoms with van der Waals surface area (Å²) in [5.74, 6) is 0.610. The molecule has 1 amide bonds. The minimum absolute atomic E-state index is 0.0154. The van der Waals surface area contributed by atoms with Gasteiger partial charge in [-0.25, -0.2) is 0 Å². The molecule has 0 aromatic heterocycles. The average molecular weight is 555 g/mol. The molecule has 0 aliphatic rings. The highest BCUT2D eigenvalue weighted by atomic mass is 79.9. The van der Waals surface area contributed by atoms with Crippen molar-refractivity contribution in [3.05, 3.63) is 106 Å². The molecule has 0 bridgehead atoms. The third kappa shape index (κ3) is 6.38. The van der Waals surface area contributed by atoms with Crippen molar-refractivity contribution in [2.75, 3.05) is 11.9 Å². The molecule has 0 atom stereocenters. The molecule has 5 nitrogen and oxygen atoms in total. The van der Waals surface area contributed by atoms with Crippen LogP contribution in [0.1, 0.15) is 30.5 Å². The number of nitriles is 1. The van der Waals surface area contributed by atoms with Gasteiger partial charge in [0.05, 0.1) is 11.1 Å². The molecule has 37 heavy (non-hydrogen) atoms. The number of aryl methyl sites for hydroxylation is 1. The molecule has 0 aliphatic heterocycles. The van der Waals surface area contributed by atoms with Gasteiger partial charge in [0.15, 0.2) is 11.5 Å². The van der Waals surface area contributed by atoms with Crippen molar-refractivity contribution in [3.63, 3.8) is 0 Å². The number of anilines is 1. The van der Waals surface area contributed by atoms with Crippen LogP contribution in [0.15, 0.2) is 88.9 Å². The predicted octanol–water partition coefficient (Wildman–Crippen LogP) is 7.69. The van der Waals surface area contributed by atoms with Gasteiger partial charge in [-0.15, -0.1) is 0 Å². The van der Waals surface area contributed by atoms with E-state index in [1.54, 1.807) is 6.07 Å². The molecule has 0 radical (unpaired) electrons. The Hall–Kier alpha value is -4.08. The van der Waals surface area contributed by atoms with Crippen LogP contribution in [-0.4, -0.2) is 12.5 Å². The summed E-state index contributed by atoms with van der Waals surface area (Å²) in [6.45, 7) is 4.75. The summed E-state index contributed by atoms with van der Waals surface area (Å²) in [6, 6.07) is 27.5. The number of hydrogen-bond acceptors (Lipinski definition) is 4. The van der Waals surface area contributed by atoms with Crippen molar-refractivity contribution in [1.29, 1.82) is 5.26 Å². The van der Waals surface area contributed by atoms with E-state index < -0.39 is 5.91 Å². The summed E-state index contributed by atoms with van der Waals surface area (Å²) >= 11 is 3.59. The standard InChI is InChI=1S/C31H27BrN2O3/c1-3-21-12-14-26(15-13-21)34-31(35)25(19-33)16-22-17-28(32)30(29(18-22)36-4-2)37-20-24-10-7-9-23-8-5-6-11-27(23)24/h5-18H,3-4,20H2,1-2H3,(H,34,35). The first-order chi connectivity index (χ1) is 18.0. The quantitative estimate of drug-likeness (QED) is 0.170. The van der Waals surface area contributed by atoms with Gasteiger partial charge in [0.1, 0.15) is 18.2 Å². The highest BCUT2D eigenvalue weighted by Gasteiger charge is 2.15. The lowest BCUT2D eigenvalue weighted by molar-refractivity contribution is -0.112. The van der Waals surface area contributed by atoms with E-state index in [9.17, 15) is 10.1 Å². The second-order valence-corrected chi connectivity index (χ2v) is 9.22. The van der Waals surface area contributed by atoms with E-state index in [1.165, 1.54) is 11.6 Å². The molecule has 4 aromatic rings. The fourth-order valence-electron chi connectivity index (χ4n) is 3.98. The number of nitrogens with zero attached hydrogens (tertiary/aromatic N) is 1. The normalized spacial score (nSPS) is 11.1. The van der Waals surface area contributed by atoms with E-state index in [1.807, 2.05) is 67.6 Å². The van der Waals surface area contributed by atoms with Crippen LogP contribution < -0.4 is 14.8 Å².